The van der Waals surface area contributed by atoms with Crippen molar-refractivity contribution in [3.63, 3.8) is 0 Å². The molecule has 0 radical (unpaired) electrons. The highest BCUT2D eigenvalue weighted by atomic mass is 16.6. The van der Waals surface area contributed by atoms with E-state index in [1.165, 1.54) is 55.1 Å². The molecule has 0 aliphatic rings. The van der Waals surface area contributed by atoms with Crippen molar-refractivity contribution in [2.45, 2.75) is 6.92 Å². The molecule has 4 rings (SSSR count). The monoisotopic (exact) mass is 448 g/mol. The van der Waals surface area contributed by atoms with Crippen molar-refractivity contribution in [1.29, 1.82) is 0 Å². The van der Waals surface area contributed by atoms with Crippen LogP contribution in [0, 0.1) is 6.92 Å². The van der Waals surface area contributed by atoms with E-state index >= 15 is 0 Å². The number of nitrogens with one attached hydrogen (secondary N) is 2. The van der Waals surface area contributed by atoms with Crippen molar-refractivity contribution >= 4 is 24.1 Å². The fourth-order valence-corrected chi connectivity index (χ4v) is 2.67. The Morgan fingerprint density at radius 1 is 1.03 bits per heavy atom. The molecular weight excluding hydrogens is 432 g/mol. The first kappa shape index (κ1) is 21.3. The van der Waals surface area contributed by atoms with E-state index in [0.29, 0.717) is 11.3 Å². The Bertz CT molecular complexity index is 1360. The standard InChI is InChI=1S/C22H16N4O7/c1-13-10-19(27)25-22(24-13)26-23-12-14-6-7-15(32-20(28)16-4-2-8-30-16)11-18(14)33-21(29)17-5-3-9-31-17/h2-12H,1H3,(H2,24,25,26,27)/b23-12+. The van der Waals surface area contributed by atoms with Crippen LogP contribution in [0.1, 0.15) is 32.4 Å². The number of anilines is 1. The molecule has 11 heteroatoms. The Kier molecular flexibility index (Phi) is 6.12. The first-order valence-electron chi connectivity index (χ1n) is 9.50. The van der Waals surface area contributed by atoms with Crippen molar-refractivity contribution in [2.75, 3.05) is 5.43 Å². The number of carbonyl (C=O) groups is 2. The molecule has 2 N–H and O–H groups in total. The van der Waals surface area contributed by atoms with Gasteiger partial charge in [0.1, 0.15) is 11.5 Å². The number of esters is 2. The molecule has 4 aromatic rings. The highest BCUT2D eigenvalue weighted by Crippen LogP contribution is 2.26. The summed E-state index contributed by atoms with van der Waals surface area (Å²) >= 11 is 0. The van der Waals surface area contributed by atoms with Gasteiger partial charge in [-0.2, -0.15) is 5.10 Å². The summed E-state index contributed by atoms with van der Waals surface area (Å²) < 4.78 is 20.7. The third kappa shape index (κ3) is 5.41. The van der Waals surface area contributed by atoms with E-state index in [0.717, 1.165) is 0 Å². The summed E-state index contributed by atoms with van der Waals surface area (Å²) in [6, 6.07) is 11.7. The maximum atomic E-state index is 12.4. The normalized spacial score (nSPS) is 10.8. The van der Waals surface area contributed by atoms with Crippen LogP contribution in [-0.2, 0) is 0 Å². The number of aromatic nitrogens is 2. The number of hydrogen-bond acceptors (Lipinski definition) is 10. The highest BCUT2D eigenvalue weighted by molar-refractivity contribution is 5.92. The number of H-pyrrole nitrogens is 1. The maximum Gasteiger partial charge on any atom is 0.379 e. The van der Waals surface area contributed by atoms with Crippen LogP contribution in [0.4, 0.5) is 5.95 Å². The molecule has 1 aromatic carbocycles. The number of aromatic amines is 1. The lowest BCUT2D eigenvalue weighted by Gasteiger charge is -2.09. The third-order valence-corrected chi connectivity index (χ3v) is 4.09. The van der Waals surface area contributed by atoms with Crippen molar-refractivity contribution in [3.8, 4) is 11.5 Å². The van der Waals surface area contributed by atoms with E-state index in [-0.39, 0.29) is 34.5 Å². The van der Waals surface area contributed by atoms with E-state index < -0.39 is 11.9 Å². The molecule has 0 aliphatic heterocycles. The minimum absolute atomic E-state index is 0.0126. The molecule has 0 bridgehead atoms. The van der Waals surface area contributed by atoms with Crippen LogP contribution < -0.4 is 20.5 Å². The van der Waals surface area contributed by atoms with Gasteiger partial charge in [0, 0.05) is 23.4 Å². The number of furan rings is 2. The summed E-state index contributed by atoms with van der Waals surface area (Å²) in [5.74, 6) is -1.21. The zero-order valence-electron chi connectivity index (χ0n) is 17.1. The fourth-order valence-electron chi connectivity index (χ4n) is 2.67. The SMILES string of the molecule is Cc1cc(=O)[nH]c(N/N=C/c2ccc(OC(=O)c3ccco3)cc2OC(=O)c2ccco2)n1. The molecule has 0 spiro atoms. The number of nitrogens with zero attached hydrogens (tertiary/aromatic N) is 2. The van der Waals surface area contributed by atoms with Crippen LogP contribution in [0.15, 0.2) is 79.8 Å². The van der Waals surface area contributed by atoms with E-state index in [9.17, 15) is 14.4 Å². The lowest BCUT2D eigenvalue weighted by molar-refractivity contribution is 0.0698. The number of benzene rings is 1. The second kappa shape index (κ2) is 9.47. The summed E-state index contributed by atoms with van der Waals surface area (Å²) in [5, 5.41) is 4.01. The molecule has 3 aromatic heterocycles. The van der Waals surface area contributed by atoms with E-state index in [1.54, 1.807) is 19.1 Å². The minimum Gasteiger partial charge on any atom is -0.457 e. The van der Waals surface area contributed by atoms with Gasteiger partial charge in [0.25, 0.3) is 5.56 Å². The van der Waals surface area contributed by atoms with Gasteiger partial charge >= 0.3 is 11.9 Å². The molecular formula is C22H16N4O7. The third-order valence-electron chi connectivity index (χ3n) is 4.09. The van der Waals surface area contributed by atoms with Gasteiger partial charge in [0.05, 0.1) is 18.7 Å². The Balaban J connectivity index is 1.57. The zero-order valence-corrected chi connectivity index (χ0v) is 17.1. The Morgan fingerprint density at radius 2 is 1.73 bits per heavy atom. The number of ether oxygens (including phenoxy) is 2. The van der Waals surface area contributed by atoms with E-state index in [2.05, 4.69) is 20.5 Å². The lowest BCUT2D eigenvalue weighted by Crippen LogP contribution is -2.11. The first-order chi connectivity index (χ1) is 16.0. The van der Waals surface area contributed by atoms with Gasteiger partial charge < -0.3 is 18.3 Å². The smallest absolute Gasteiger partial charge is 0.379 e. The molecule has 0 fully saturated rings. The van der Waals surface area contributed by atoms with Crippen LogP contribution in [0.2, 0.25) is 0 Å². The molecule has 0 unspecified atom stereocenters. The predicted octanol–water partition coefficient (Wildman–Crippen LogP) is 3.15. The van der Waals surface area contributed by atoms with Gasteiger partial charge in [-0.1, -0.05) is 0 Å². The van der Waals surface area contributed by atoms with Crippen molar-refractivity contribution in [1.82, 2.24) is 9.97 Å². The Labute approximate surface area is 185 Å². The quantitative estimate of drug-likeness (QED) is 0.188. The zero-order chi connectivity index (χ0) is 23.2. The largest absolute Gasteiger partial charge is 0.457 e. The lowest BCUT2D eigenvalue weighted by atomic mass is 10.2. The Hall–Kier alpha value is -4.93. The predicted molar refractivity (Wildman–Crippen MR) is 115 cm³/mol. The van der Waals surface area contributed by atoms with Gasteiger partial charge in [0.2, 0.25) is 17.5 Å². The van der Waals surface area contributed by atoms with Gasteiger partial charge in [-0.15, -0.1) is 0 Å². The van der Waals surface area contributed by atoms with Gasteiger partial charge in [0.15, 0.2) is 0 Å². The molecule has 0 aliphatic carbocycles. The second-order valence-electron chi connectivity index (χ2n) is 6.54. The molecule has 0 atom stereocenters. The summed E-state index contributed by atoms with van der Waals surface area (Å²) in [6.45, 7) is 1.67. The van der Waals surface area contributed by atoms with Crippen molar-refractivity contribution in [3.05, 3.63) is 94.2 Å². The summed E-state index contributed by atoms with van der Waals surface area (Å²) in [4.78, 5) is 42.6. The Morgan fingerprint density at radius 3 is 2.36 bits per heavy atom. The van der Waals surface area contributed by atoms with E-state index in [4.69, 9.17) is 18.3 Å². The van der Waals surface area contributed by atoms with Crippen LogP contribution in [0.3, 0.4) is 0 Å². The molecule has 11 nitrogen and oxygen atoms in total. The van der Waals surface area contributed by atoms with Crippen molar-refractivity contribution < 1.29 is 27.9 Å². The highest BCUT2D eigenvalue weighted by Gasteiger charge is 2.17. The van der Waals surface area contributed by atoms with Crippen LogP contribution >= 0.6 is 0 Å². The van der Waals surface area contributed by atoms with E-state index in [1.807, 2.05) is 0 Å². The number of aryl methyl sites for hydroxylation is 1. The first-order valence-corrected chi connectivity index (χ1v) is 9.50. The molecule has 0 saturated carbocycles. The van der Waals surface area contributed by atoms with Gasteiger partial charge in [-0.3, -0.25) is 9.78 Å². The number of carbonyl (C=O) groups excluding carboxylic acids is 2. The number of hydrazone groups is 1. The molecule has 0 saturated heterocycles. The average molecular weight is 448 g/mol. The van der Waals surface area contributed by atoms with Gasteiger partial charge in [-0.05, 0) is 43.3 Å². The average Bonchev–Trinajstić information content (AvgIpc) is 3.49. The van der Waals surface area contributed by atoms with Crippen LogP contribution in [0.25, 0.3) is 0 Å². The summed E-state index contributed by atoms with van der Waals surface area (Å²) in [5.41, 5.74) is 3.12. The summed E-state index contributed by atoms with van der Waals surface area (Å²) in [7, 11) is 0. The fraction of sp³-hybridized carbons (Fsp3) is 0.0455. The second-order valence-corrected chi connectivity index (χ2v) is 6.54. The maximum absolute atomic E-state index is 12.4. The topological polar surface area (TPSA) is 149 Å². The number of rotatable bonds is 7. The molecule has 3 heterocycles. The van der Waals surface area contributed by atoms with Crippen molar-refractivity contribution in [2.24, 2.45) is 5.10 Å². The van der Waals surface area contributed by atoms with Crippen LogP contribution in [0.5, 0.6) is 11.5 Å². The minimum atomic E-state index is -0.762. The molecule has 33 heavy (non-hydrogen) atoms. The van der Waals surface area contributed by atoms with Crippen LogP contribution in [-0.4, -0.2) is 28.1 Å². The molecule has 166 valence electrons. The molecule has 0 amide bonds. The number of hydrogen-bond donors (Lipinski definition) is 2. The summed E-state index contributed by atoms with van der Waals surface area (Å²) in [6.07, 6.45) is 4.02. The van der Waals surface area contributed by atoms with Gasteiger partial charge in [-0.25, -0.2) is 20.0 Å².